The number of halogens is 3. The highest BCUT2D eigenvalue weighted by Gasteiger charge is 2.40. The Hall–Kier alpha value is -4.15. The van der Waals surface area contributed by atoms with Crippen LogP contribution >= 0.6 is 11.3 Å². The topological polar surface area (TPSA) is 144 Å². The van der Waals surface area contributed by atoms with Crippen LogP contribution in [0.25, 0.3) is 21.5 Å². The number of nitrogens with one attached hydrogen (secondary N) is 1. The van der Waals surface area contributed by atoms with Gasteiger partial charge in [0.15, 0.2) is 5.13 Å². The number of alkyl halides is 3. The Kier molecular flexibility index (Phi) is 8.12. The number of hydrogen-bond donors (Lipinski definition) is 2. The maximum Gasteiger partial charge on any atom is 0.573 e. The summed E-state index contributed by atoms with van der Waals surface area (Å²) in [6.45, 7) is -0.121. The van der Waals surface area contributed by atoms with Crippen molar-refractivity contribution in [1.82, 2.24) is 15.5 Å². The zero-order chi connectivity index (χ0) is 32.9. The highest BCUT2D eigenvalue weighted by molar-refractivity contribution is 7.85. The van der Waals surface area contributed by atoms with E-state index in [0.29, 0.717) is 23.3 Å². The predicted molar refractivity (Wildman–Crippen MR) is 166 cm³/mol. The first-order chi connectivity index (χ1) is 22.4. The zero-order valence-corrected chi connectivity index (χ0v) is 26.3. The second-order valence-corrected chi connectivity index (χ2v) is 14.3. The molecule has 4 aromatic rings. The summed E-state index contributed by atoms with van der Waals surface area (Å²) in [6, 6.07) is 11.1. The monoisotopic (exact) mass is 690 g/mol. The van der Waals surface area contributed by atoms with Crippen molar-refractivity contribution in [3.8, 4) is 17.0 Å². The van der Waals surface area contributed by atoms with Gasteiger partial charge in [-0.1, -0.05) is 28.6 Å². The molecular formula is C31H29F3N4O7S2. The van der Waals surface area contributed by atoms with E-state index in [4.69, 9.17) is 18.8 Å². The third kappa shape index (κ3) is 6.94. The predicted octanol–water partition coefficient (Wildman–Crippen LogP) is 6.19. The second kappa shape index (κ2) is 12.1. The summed E-state index contributed by atoms with van der Waals surface area (Å²) in [7, 11) is -4.18. The first-order valence-corrected chi connectivity index (χ1v) is 17.4. The van der Waals surface area contributed by atoms with E-state index in [0.717, 1.165) is 46.8 Å². The molecule has 2 fully saturated rings. The number of thiazole rings is 1. The molecule has 16 heteroatoms. The molecule has 47 heavy (non-hydrogen) atoms. The Morgan fingerprint density at radius 2 is 1.96 bits per heavy atom. The summed E-state index contributed by atoms with van der Waals surface area (Å²) in [5.74, 6) is 0.180. The van der Waals surface area contributed by atoms with Crippen LogP contribution in [-0.4, -0.2) is 59.8 Å². The molecule has 4 heterocycles. The van der Waals surface area contributed by atoms with Crippen LogP contribution in [0.2, 0.25) is 0 Å². The third-order valence-electron chi connectivity index (χ3n) is 8.40. The lowest BCUT2D eigenvalue weighted by atomic mass is 10.0. The van der Waals surface area contributed by atoms with Gasteiger partial charge in [0.1, 0.15) is 23.8 Å². The van der Waals surface area contributed by atoms with Crippen LogP contribution in [0.3, 0.4) is 0 Å². The Balaban J connectivity index is 1.07. The molecule has 1 amide bonds. The van der Waals surface area contributed by atoms with Gasteiger partial charge in [-0.25, -0.2) is 4.98 Å². The lowest BCUT2D eigenvalue weighted by molar-refractivity contribution is -0.274. The number of benzene rings is 2. The van der Waals surface area contributed by atoms with E-state index in [2.05, 4.69) is 26.2 Å². The van der Waals surface area contributed by atoms with Crippen molar-refractivity contribution in [3.05, 3.63) is 71.2 Å². The summed E-state index contributed by atoms with van der Waals surface area (Å²) in [4.78, 5) is 19.6. The number of aromatic nitrogens is 2. The summed E-state index contributed by atoms with van der Waals surface area (Å²) in [5, 5.41) is 7.46. The van der Waals surface area contributed by atoms with E-state index in [9.17, 15) is 26.4 Å². The summed E-state index contributed by atoms with van der Waals surface area (Å²) in [6.07, 6.45) is 1.44. The molecule has 7 rings (SSSR count). The van der Waals surface area contributed by atoms with Crippen molar-refractivity contribution in [1.29, 1.82) is 0 Å². The van der Waals surface area contributed by atoms with Crippen molar-refractivity contribution in [2.24, 2.45) is 0 Å². The van der Waals surface area contributed by atoms with Crippen molar-refractivity contribution in [2.75, 3.05) is 17.2 Å². The second-order valence-electron chi connectivity index (χ2n) is 11.7. The maximum atomic E-state index is 13.1. The normalized spacial score (nSPS) is 19.6. The molecule has 0 spiro atoms. The quantitative estimate of drug-likeness (QED) is 0.175. The summed E-state index contributed by atoms with van der Waals surface area (Å²) < 4.78 is 87.3. The van der Waals surface area contributed by atoms with Crippen LogP contribution in [0.1, 0.15) is 59.7 Å². The van der Waals surface area contributed by atoms with Gasteiger partial charge in [-0.15, -0.1) is 13.2 Å². The average Bonchev–Trinajstić information content (AvgIpc) is 3.52. The van der Waals surface area contributed by atoms with Gasteiger partial charge in [0.2, 0.25) is 0 Å². The zero-order valence-electron chi connectivity index (χ0n) is 24.7. The van der Waals surface area contributed by atoms with Crippen LogP contribution in [0.4, 0.5) is 18.3 Å². The molecule has 2 bridgehead atoms. The molecule has 2 aromatic carbocycles. The van der Waals surface area contributed by atoms with Crippen molar-refractivity contribution < 1.29 is 44.9 Å². The lowest BCUT2D eigenvalue weighted by Crippen LogP contribution is -2.38. The molecule has 11 nitrogen and oxygen atoms in total. The third-order valence-corrected chi connectivity index (χ3v) is 10.2. The number of nitrogens with zero attached hydrogens (tertiary/aromatic N) is 3. The van der Waals surface area contributed by atoms with Gasteiger partial charge in [0.25, 0.3) is 16.0 Å². The van der Waals surface area contributed by atoms with E-state index in [-0.39, 0.29) is 48.2 Å². The molecular weight excluding hydrogens is 661 g/mol. The van der Waals surface area contributed by atoms with E-state index in [1.165, 1.54) is 29.5 Å². The van der Waals surface area contributed by atoms with Crippen molar-refractivity contribution in [2.45, 2.75) is 63.1 Å². The molecule has 2 aromatic heterocycles. The average molecular weight is 691 g/mol. The van der Waals surface area contributed by atoms with Crippen LogP contribution in [-0.2, 0) is 21.5 Å². The summed E-state index contributed by atoms with van der Waals surface area (Å²) in [5.41, 5.74) is 2.15. The van der Waals surface area contributed by atoms with Crippen LogP contribution in [0.15, 0.2) is 58.8 Å². The number of ether oxygens (including phenoxy) is 2. The number of para-hydroxylation sites is 1. The van der Waals surface area contributed by atoms with Gasteiger partial charge in [0, 0.05) is 36.1 Å². The van der Waals surface area contributed by atoms with Gasteiger partial charge in [-0.3, -0.25) is 9.35 Å². The first kappa shape index (κ1) is 31.4. The number of hydrogen-bond acceptors (Lipinski definition) is 10. The molecule has 1 saturated carbocycles. The van der Waals surface area contributed by atoms with E-state index >= 15 is 0 Å². The maximum absolute atomic E-state index is 13.1. The number of fused-ring (bicyclic) bond motifs is 3. The van der Waals surface area contributed by atoms with Gasteiger partial charge in [-0.2, -0.15) is 8.42 Å². The number of anilines is 1. The highest BCUT2D eigenvalue weighted by atomic mass is 32.2. The Bertz CT molecular complexity index is 1970. The molecule has 1 saturated heterocycles. The Morgan fingerprint density at radius 3 is 2.70 bits per heavy atom. The Morgan fingerprint density at radius 1 is 1.15 bits per heavy atom. The van der Waals surface area contributed by atoms with Crippen molar-refractivity contribution >= 4 is 42.7 Å². The van der Waals surface area contributed by atoms with Crippen LogP contribution in [0.5, 0.6) is 5.75 Å². The van der Waals surface area contributed by atoms with Crippen LogP contribution in [0, 0.1) is 0 Å². The molecule has 2 atom stereocenters. The molecule has 1 unspecified atom stereocenters. The number of amides is 1. The molecule has 3 aliphatic rings. The highest BCUT2D eigenvalue weighted by Crippen LogP contribution is 2.47. The van der Waals surface area contributed by atoms with E-state index < -0.39 is 28.1 Å². The van der Waals surface area contributed by atoms with Gasteiger partial charge in [-0.05, 0) is 62.1 Å². The molecule has 2 aliphatic heterocycles. The fourth-order valence-electron chi connectivity index (χ4n) is 6.14. The van der Waals surface area contributed by atoms with E-state index in [1.807, 2.05) is 0 Å². The minimum Gasteiger partial charge on any atom is -0.493 e. The summed E-state index contributed by atoms with van der Waals surface area (Å²) >= 11 is 1.46. The molecule has 0 radical (unpaired) electrons. The fourth-order valence-corrected chi connectivity index (χ4v) is 7.63. The number of carbonyl (C=O) groups is 1. The van der Waals surface area contributed by atoms with E-state index in [1.54, 1.807) is 24.3 Å². The van der Waals surface area contributed by atoms with Crippen molar-refractivity contribution in [3.63, 3.8) is 0 Å². The SMILES string of the molecule is O=C(NCCS(=O)(=O)O)c1ccc2nc(N3C4CC[C@H]3C=C(OCc3c(-c5ccccc5OC(F)(F)F)noc3C3CC3)C4)sc2c1. The van der Waals surface area contributed by atoms with Gasteiger partial charge < -0.3 is 24.2 Å². The largest absolute Gasteiger partial charge is 0.573 e. The Labute approximate surface area is 271 Å². The molecule has 1 aliphatic carbocycles. The molecule has 2 N–H and O–H groups in total. The minimum absolute atomic E-state index is 0.0262. The number of rotatable bonds is 11. The molecule has 248 valence electrons. The first-order valence-electron chi connectivity index (χ1n) is 15.0. The number of carbonyl (C=O) groups excluding carboxylic acids is 1. The lowest BCUT2D eigenvalue weighted by Gasteiger charge is -2.33. The smallest absolute Gasteiger partial charge is 0.493 e. The van der Waals surface area contributed by atoms with Gasteiger partial charge in [0.05, 0.1) is 33.3 Å². The van der Waals surface area contributed by atoms with Gasteiger partial charge >= 0.3 is 6.36 Å². The fraction of sp³-hybridized carbons (Fsp3) is 0.387. The standard InChI is InChI=1S/C31H29F3N4O7S2/c32-31(33,34)44-25-4-2-1-3-22(25)27-23(28(45-37-27)17-5-6-17)16-43-21-14-19-8-9-20(15-21)38(19)30-36-24-10-7-18(13-26(24)46-30)29(39)35-11-12-47(40,41)42/h1-4,7,10,13-14,17,19-20H,5-6,8-9,11-12,15-16H2,(H,35,39)(H,40,41,42)/t19-,20?/m0/s1. The van der Waals surface area contributed by atoms with Crippen LogP contribution < -0.4 is 15.0 Å². The minimum atomic E-state index is -4.86.